The molecule has 0 radical (unpaired) electrons. The van der Waals surface area contributed by atoms with Gasteiger partial charge in [0.25, 0.3) is 0 Å². The van der Waals surface area contributed by atoms with E-state index in [0.717, 1.165) is 0 Å². The quantitative estimate of drug-likeness (QED) is 0.508. The van der Waals surface area contributed by atoms with Crippen LogP contribution in [0.1, 0.15) is 19.3 Å². The van der Waals surface area contributed by atoms with E-state index in [4.69, 9.17) is 23.7 Å². The largest absolute Gasteiger partial charge is 0.394 e. The molecular formula is C22H30O8. The maximum absolute atomic E-state index is 10.9. The number of hydrogen-bond donors (Lipinski definition) is 3. The fourth-order valence-corrected chi connectivity index (χ4v) is 5.04. The van der Waals surface area contributed by atoms with Crippen LogP contribution in [-0.2, 0) is 23.7 Å². The van der Waals surface area contributed by atoms with Gasteiger partial charge < -0.3 is 39.0 Å². The molecule has 0 aromatic heterocycles. The second-order valence-corrected chi connectivity index (χ2v) is 8.58. The van der Waals surface area contributed by atoms with Crippen LogP contribution in [0.25, 0.3) is 0 Å². The van der Waals surface area contributed by atoms with Crippen LogP contribution in [-0.4, -0.2) is 95.7 Å². The molecule has 0 unspecified atom stereocenters. The molecule has 0 aromatic rings. The molecule has 0 amide bonds. The number of ether oxygens (including phenoxy) is 5. The Kier molecular flexibility index (Phi) is 6.10. The van der Waals surface area contributed by atoms with Crippen molar-refractivity contribution in [1.29, 1.82) is 0 Å². The van der Waals surface area contributed by atoms with Crippen LogP contribution in [0.4, 0.5) is 0 Å². The lowest BCUT2D eigenvalue weighted by atomic mass is 9.87. The minimum atomic E-state index is -0.862. The maximum atomic E-state index is 10.9. The van der Waals surface area contributed by atoms with Crippen LogP contribution in [0.3, 0.4) is 0 Å². The lowest BCUT2D eigenvalue weighted by Crippen LogP contribution is -2.63. The van der Waals surface area contributed by atoms with Gasteiger partial charge in [0, 0.05) is 6.42 Å². The topological polar surface area (TPSA) is 107 Å². The molecule has 0 spiro atoms. The molecule has 5 heterocycles. The third-order valence-corrected chi connectivity index (χ3v) is 6.62. The summed E-state index contributed by atoms with van der Waals surface area (Å²) in [4.78, 5) is 0. The molecule has 2 fully saturated rings. The Morgan fingerprint density at radius 1 is 0.733 bits per heavy atom. The minimum absolute atomic E-state index is 0.200. The van der Waals surface area contributed by atoms with Gasteiger partial charge >= 0.3 is 0 Å². The van der Waals surface area contributed by atoms with E-state index in [2.05, 4.69) is 0 Å². The van der Waals surface area contributed by atoms with Crippen LogP contribution < -0.4 is 0 Å². The van der Waals surface area contributed by atoms with Crippen LogP contribution in [0, 0.1) is 0 Å². The first kappa shape index (κ1) is 20.8. The number of fused-ring (bicyclic) bond motifs is 4. The van der Waals surface area contributed by atoms with Gasteiger partial charge in [-0.05, 0) is 12.8 Å². The normalized spacial score (nSPS) is 50.7. The molecule has 5 aliphatic heterocycles. The van der Waals surface area contributed by atoms with Gasteiger partial charge in [-0.1, -0.05) is 36.5 Å². The zero-order chi connectivity index (χ0) is 20.7. The molecule has 0 bridgehead atoms. The molecule has 30 heavy (non-hydrogen) atoms. The fraction of sp³-hybridized carbons (Fsp3) is 0.727. The average molecular weight is 422 g/mol. The molecule has 3 N–H and O–H groups in total. The van der Waals surface area contributed by atoms with Crippen molar-refractivity contribution in [3.05, 3.63) is 36.5 Å². The molecule has 5 rings (SSSR count). The van der Waals surface area contributed by atoms with Crippen molar-refractivity contribution in [2.24, 2.45) is 0 Å². The summed E-state index contributed by atoms with van der Waals surface area (Å²) < 4.78 is 30.7. The summed E-state index contributed by atoms with van der Waals surface area (Å²) in [6.45, 7) is 0.174. The van der Waals surface area contributed by atoms with E-state index in [1.807, 2.05) is 30.4 Å². The van der Waals surface area contributed by atoms with E-state index in [1.54, 1.807) is 6.08 Å². The first-order chi connectivity index (χ1) is 14.6. The smallest absolute Gasteiger partial charge is 0.113 e. The minimum Gasteiger partial charge on any atom is -0.394 e. The van der Waals surface area contributed by atoms with Crippen molar-refractivity contribution in [3.8, 4) is 0 Å². The van der Waals surface area contributed by atoms with E-state index in [-0.39, 0.29) is 37.1 Å². The molecule has 8 nitrogen and oxygen atoms in total. The summed E-state index contributed by atoms with van der Waals surface area (Å²) in [5.41, 5.74) is 0. The highest BCUT2D eigenvalue weighted by Crippen LogP contribution is 2.38. The molecular weight excluding hydrogens is 392 g/mol. The van der Waals surface area contributed by atoms with Gasteiger partial charge in [0.2, 0.25) is 0 Å². The monoisotopic (exact) mass is 422 g/mol. The van der Waals surface area contributed by atoms with Gasteiger partial charge in [0.1, 0.15) is 42.7 Å². The highest BCUT2D eigenvalue weighted by molar-refractivity contribution is 5.12. The molecule has 2 saturated heterocycles. The van der Waals surface area contributed by atoms with E-state index in [9.17, 15) is 15.3 Å². The van der Waals surface area contributed by atoms with Crippen molar-refractivity contribution in [2.75, 3.05) is 13.2 Å². The Balaban J connectivity index is 1.34. The third-order valence-electron chi connectivity index (χ3n) is 6.62. The summed E-state index contributed by atoms with van der Waals surface area (Å²) in [6, 6.07) is 0. The first-order valence-corrected chi connectivity index (χ1v) is 10.8. The second-order valence-electron chi connectivity index (χ2n) is 8.58. The van der Waals surface area contributed by atoms with E-state index in [0.29, 0.717) is 25.9 Å². The number of hydrogen-bond acceptors (Lipinski definition) is 8. The van der Waals surface area contributed by atoms with Crippen LogP contribution >= 0.6 is 0 Å². The summed E-state index contributed by atoms with van der Waals surface area (Å²) >= 11 is 0. The second kappa shape index (κ2) is 8.80. The number of aliphatic hydroxyl groups excluding tert-OH is 3. The van der Waals surface area contributed by atoms with Gasteiger partial charge in [0.15, 0.2) is 0 Å². The summed E-state index contributed by atoms with van der Waals surface area (Å²) in [7, 11) is 0. The van der Waals surface area contributed by atoms with Crippen molar-refractivity contribution in [2.45, 2.75) is 86.4 Å². The summed E-state index contributed by atoms with van der Waals surface area (Å²) in [5.74, 6) is 0. The summed E-state index contributed by atoms with van der Waals surface area (Å²) in [5, 5.41) is 30.6. The predicted molar refractivity (Wildman–Crippen MR) is 105 cm³/mol. The number of aliphatic hydroxyl groups is 3. The Morgan fingerprint density at radius 2 is 1.50 bits per heavy atom. The lowest BCUT2D eigenvalue weighted by molar-refractivity contribution is -0.286. The van der Waals surface area contributed by atoms with Crippen molar-refractivity contribution < 1.29 is 39.0 Å². The average Bonchev–Trinajstić information content (AvgIpc) is 3.06. The van der Waals surface area contributed by atoms with Crippen LogP contribution in [0.2, 0.25) is 0 Å². The van der Waals surface area contributed by atoms with E-state index >= 15 is 0 Å². The Hall–Kier alpha value is -1.10. The first-order valence-electron chi connectivity index (χ1n) is 10.8. The van der Waals surface area contributed by atoms with Gasteiger partial charge in [-0.3, -0.25) is 0 Å². The van der Waals surface area contributed by atoms with E-state index in [1.165, 1.54) is 0 Å². The summed E-state index contributed by atoms with van der Waals surface area (Å²) in [6.07, 6.45) is 8.18. The Bertz CT molecular complexity index is 693. The van der Waals surface area contributed by atoms with Crippen molar-refractivity contribution >= 4 is 0 Å². The molecule has 8 heteroatoms. The standard InChI is InChI=1S/C22H30O8/c23-11-19-12(24)4-3-6-13-14(28-19)7-8-15-17(27-13)10-18-22(30-15)20(25)21-16(29-18)5-1-2-9-26-21/h1-4,7-8,12-25H,5-6,9-11H2/t12-,13+,14-,15+,16-,17-,18+,19+,20+,21-,22+/m0/s1. The molecule has 166 valence electrons. The molecule has 11 atom stereocenters. The molecule has 0 saturated carbocycles. The molecule has 0 aromatic carbocycles. The highest BCUT2D eigenvalue weighted by atomic mass is 16.6. The Labute approximate surface area is 175 Å². The zero-order valence-electron chi connectivity index (χ0n) is 16.7. The maximum Gasteiger partial charge on any atom is 0.113 e. The zero-order valence-corrected chi connectivity index (χ0v) is 16.7. The lowest BCUT2D eigenvalue weighted by Gasteiger charge is -2.49. The molecule has 5 aliphatic rings. The Morgan fingerprint density at radius 3 is 2.33 bits per heavy atom. The third kappa shape index (κ3) is 3.91. The SMILES string of the molecule is OC[C@H]1O[C@H]2C=C[C@H]3O[C@H]4[C@H](O)[C@H]5OCC=CC[C@@H]5O[C@@H]4C[C@@H]3O[C@@H]2CC=C[C@@H]1O. The van der Waals surface area contributed by atoms with Gasteiger partial charge in [-0.2, -0.15) is 0 Å². The highest BCUT2D eigenvalue weighted by Gasteiger charge is 2.52. The van der Waals surface area contributed by atoms with Gasteiger partial charge in [-0.25, -0.2) is 0 Å². The number of rotatable bonds is 1. The van der Waals surface area contributed by atoms with Crippen molar-refractivity contribution in [1.82, 2.24) is 0 Å². The van der Waals surface area contributed by atoms with Gasteiger partial charge in [0.05, 0.1) is 37.6 Å². The van der Waals surface area contributed by atoms with Crippen LogP contribution in [0.15, 0.2) is 36.5 Å². The van der Waals surface area contributed by atoms with Crippen molar-refractivity contribution in [3.63, 3.8) is 0 Å². The predicted octanol–water partition coefficient (Wildman–Crippen LogP) is 0.00780. The molecule has 0 aliphatic carbocycles. The van der Waals surface area contributed by atoms with Crippen LogP contribution in [0.5, 0.6) is 0 Å². The van der Waals surface area contributed by atoms with E-state index < -0.39 is 36.6 Å². The fourth-order valence-electron chi connectivity index (χ4n) is 5.04. The van der Waals surface area contributed by atoms with Gasteiger partial charge in [-0.15, -0.1) is 0 Å².